The summed E-state index contributed by atoms with van der Waals surface area (Å²) in [7, 11) is 0. The first-order chi connectivity index (χ1) is 7.77. The molecule has 1 heterocycles. The summed E-state index contributed by atoms with van der Waals surface area (Å²) in [5, 5.41) is 6.47. The number of hydrogen-bond acceptors (Lipinski definition) is 2. The molecule has 4 heteroatoms. The molecule has 17 heavy (non-hydrogen) atoms. The zero-order valence-electron chi connectivity index (χ0n) is 11.1. The van der Waals surface area contributed by atoms with E-state index in [2.05, 4.69) is 24.5 Å². The topological polar surface area (TPSA) is 41.1 Å². The summed E-state index contributed by atoms with van der Waals surface area (Å²) in [6, 6.07) is 0. The Kier molecular flexibility index (Phi) is 9.56. The van der Waals surface area contributed by atoms with Crippen LogP contribution in [0.3, 0.4) is 0 Å². The van der Waals surface area contributed by atoms with Crippen LogP contribution in [0.5, 0.6) is 0 Å². The molecule has 2 N–H and O–H groups in total. The lowest BCUT2D eigenvalue weighted by molar-refractivity contribution is -0.125. The van der Waals surface area contributed by atoms with Gasteiger partial charge in [-0.05, 0) is 51.1 Å². The van der Waals surface area contributed by atoms with Gasteiger partial charge in [0.05, 0.1) is 0 Å². The number of rotatable bonds is 6. The van der Waals surface area contributed by atoms with Crippen molar-refractivity contribution in [3.05, 3.63) is 0 Å². The Bertz CT molecular complexity index is 202. The lowest BCUT2D eigenvalue weighted by atomic mass is 9.96. The third kappa shape index (κ3) is 6.27. The van der Waals surface area contributed by atoms with Gasteiger partial charge in [0, 0.05) is 12.5 Å². The molecule has 3 nitrogen and oxygen atoms in total. The maximum atomic E-state index is 11.7. The summed E-state index contributed by atoms with van der Waals surface area (Å²) in [6.07, 6.45) is 5.62. The molecule has 1 rings (SSSR count). The molecule has 0 saturated carbocycles. The molecule has 1 unspecified atom stereocenters. The highest BCUT2D eigenvalue weighted by Gasteiger charge is 2.15. The third-order valence-electron chi connectivity index (χ3n) is 3.61. The highest BCUT2D eigenvalue weighted by molar-refractivity contribution is 5.85. The summed E-state index contributed by atoms with van der Waals surface area (Å²) in [5.41, 5.74) is 0. The van der Waals surface area contributed by atoms with Crippen LogP contribution in [0, 0.1) is 11.8 Å². The molecule has 1 saturated heterocycles. The van der Waals surface area contributed by atoms with Crippen molar-refractivity contribution in [2.45, 2.75) is 46.0 Å². The Balaban J connectivity index is 0.00000256. The van der Waals surface area contributed by atoms with Crippen molar-refractivity contribution in [3.8, 4) is 0 Å². The number of piperidine rings is 1. The fraction of sp³-hybridized carbons (Fsp3) is 0.923. The van der Waals surface area contributed by atoms with E-state index in [1.165, 1.54) is 12.8 Å². The average Bonchev–Trinajstić information content (AvgIpc) is 2.32. The van der Waals surface area contributed by atoms with Gasteiger partial charge in [0.25, 0.3) is 0 Å². The summed E-state index contributed by atoms with van der Waals surface area (Å²) >= 11 is 0. The van der Waals surface area contributed by atoms with E-state index in [1.54, 1.807) is 0 Å². The van der Waals surface area contributed by atoms with Crippen molar-refractivity contribution in [3.63, 3.8) is 0 Å². The van der Waals surface area contributed by atoms with Crippen molar-refractivity contribution in [1.82, 2.24) is 10.6 Å². The van der Waals surface area contributed by atoms with E-state index in [0.717, 1.165) is 44.8 Å². The zero-order chi connectivity index (χ0) is 11.8. The fourth-order valence-electron chi connectivity index (χ4n) is 2.37. The van der Waals surface area contributed by atoms with Crippen LogP contribution in [0.25, 0.3) is 0 Å². The molecule has 0 spiro atoms. The normalized spacial score (nSPS) is 19.8. The van der Waals surface area contributed by atoms with Gasteiger partial charge in [0.2, 0.25) is 5.91 Å². The Labute approximate surface area is 112 Å². The van der Waals surface area contributed by atoms with Crippen LogP contribution in [-0.4, -0.2) is 25.5 Å². The maximum absolute atomic E-state index is 11.7. The van der Waals surface area contributed by atoms with Crippen LogP contribution < -0.4 is 10.6 Å². The summed E-state index contributed by atoms with van der Waals surface area (Å²) in [5.74, 6) is 1.22. The predicted octanol–water partition coefficient (Wildman–Crippen LogP) is 2.35. The van der Waals surface area contributed by atoms with Crippen molar-refractivity contribution >= 4 is 18.3 Å². The minimum atomic E-state index is 0. The van der Waals surface area contributed by atoms with Crippen LogP contribution in [0.4, 0.5) is 0 Å². The number of hydrogen-bond donors (Lipinski definition) is 2. The molecule has 1 fully saturated rings. The highest BCUT2D eigenvalue weighted by Crippen LogP contribution is 2.13. The lowest BCUT2D eigenvalue weighted by Crippen LogP contribution is -2.35. The van der Waals surface area contributed by atoms with Crippen molar-refractivity contribution in [2.75, 3.05) is 19.6 Å². The van der Waals surface area contributed by atoms with E-state index in [-0.39, 0.29) is 24.2 Å². The van der Waals surface area contributed by atoms with Crippen molar-refractivity contribution in [1.29, 1.82) is 0 Å². The second-order valence-electron chi connectivity index (χ2n) is 4.81. The molecule has 0 radical (unpaired) electrons. The molecular formula is C13H27ClN2O. The molecule has 0 aromatic rings. The Morgan fingerprint density at radius 2 is 2.12 bits per heavy atom. The highest BCUT2D eigenvalue weighted by atomic mass is 35.5. The van der Waals surface area contributed by atoms with Crippen LogP contribution in [0.15, 0.2) is 0 Å². The van der Waals surface area contributed by atoms with Crippen LogP contribution >= 0.6 is 12.4 Å². The number of carbonyl (C=O) groups is 1. The standard InChI is InChI=1S/C13H26N2O.ClH/c1-3-12(4-2)13(16)15-9-7-11-6-5-8-14-10-11;/h11-12,14H,3-10H2,1-2H3,(H,15,16);1H. The molecule has 1 aliphatic rings. The van der Waals surface area contributed by atoms with E-state index in [4.69, 9.17) is 0 Å². The minimum Gasteiger partial charge on any atom is -0.356 e. The van der Waals surface area contributed by atoms with Crippen LogP contribution in [-0.2, 0) is 4.79 Å². The van der Waals surface area contributed by atoms with Crippen LogP contribution in [0.1, 0.15) is 46.0 Å². The van der Waals surface area contributed by atoms with Gasteiger partial charge in [-0.2, -0.15) is 0 Å². The van der Waals surface area contributed by atoms with Gasteiger partial charge in [0.15, 0.2) is 0 Å². The summed E-state index contributed by atoms with van der Waals surface area (Å²) in [6.45, 7) is 7.30. The third-order valence-corrected chi connectivity index (χ3v) is 3.61. The number of nitrogens with one attached hydrogen (secondary N) is 2. The monoisotopic (exact) mass is 262 g/mol. The van der Waals surface area contributed by atoms with Crippen molar-refractivity contribution in [2.24, 2.45) is 11.8 Å². The zero-order valence-corrected chi connectivity index (χ0v) is 11.9. The van der Waals surface area contributed by atoms with E-state index in [0.29, 0.717) is 0 Å². The van der Waals surface area contributed by atoms with Crippen molar-refractivity contribution < 1.29 is 4.79 Å². The first-order valence-corrected chi connectivity index (χ1v) is 6.76. The second-order valence-corrected chi connectivity index (χ2v) is 4.81. The SMILES string of the molecule is CCC(CC)C(=O)NCCC1CCCNC1.Cl. The number of carbonyl (C=O) groups excluding carboxylic acids is 1. The second kappa shape index (κ2) is 9.72. The van der Waals surface area contributed by atoms with Gasteiger partial charge in [-0.15, -0.1) is 12.4 Å². The van der Waals surface area contributed by atoms with Gasteiger partial charge >= 0.3 is 0 Å². The quantitative estimate of drug-likeness (QED) is 0.772. The van der Waals surface area contributed by atoms with E-state index in [1.807, 2.05) is 0 Å². The first-order valence-electron chi connectivity index (χ1n) is 6.76. The molecule has 0 bridgehead atoms. The summed E-state index contributed by atoms with van der Waals surface area (Å²) < 4.78 is 0. The Hall–Kier alpha value is -0.280. The Morgan fingerprint density at radius 1 is 1.41 bits per heavy atom. The fourth-order valence-corrected chi connectivity index (χ4v) is 2.37. The van der Waals surface area contributed by atoms with E-state index >= 15 is 0 Å². The lowest BCUT2D eigenvalue weighted by Gasteiger charge is -2.23. The van der Waals surface area contributed by atoms with Gasteiger partial charge in [-0.3, -0.25) is 4.79 Å². The summed E-state index contributed by atoms with van der Waals surface area (Å²) in [4.78, 5) is 11.7. The van der Waals surface area contributed by atoms with Gasteiger partial charge in [-0.25, -0.2) is 0 Å². The average molecular weight is 263 g/mol. The molecule has 0 aromatic carbocycles. The molecule has 1 atom stereocenters. The smallest absolute Gasteiger partial charge is 0.223 e. The predicted molar refractivity (Wildman–Crippen MR) is 74.5 cm³/mol. The molecular weight excluding hydrogens is 236 g/mol. The van der Waals surface area contributed by atoms with Gasteiger partial charge in [0.1, 0.15) is 0 Å². The van der Waals surface area contributed by atoms with E-state index < -0.39 is 0 Å². The van der Waals surface area contributed by atoms with E-state index in [9.17, 15) is 4.79 Å². The minimum absolute atomic E-state index is 0. The number of amides is 1. The van der Waals surface area contributed by atoms with Crippen LogP contribution in [0.2, 0.25) is 0 Å². The molecule has 102 valence electrons. The first kappa shape index (κ1) is 16.7. The van der Waals surface area contributed by atoms with Gasteiger partial charge in [-0.1, -0.05) is 13.8 Å². The molecule has 1 amide bonds. The number of halogens is 1. The van der Waals surface area contributed by atoms with Gasteiger partial charge < -0.3 is 10.6 Å². The Morgan fingerprint density at radius 3 is 2.65 bits per heavy atom. The molecule has 0 aliphatic carbocycles. The molecule has 1 aliphatic heterocycles. The molecule has 0 aromatic heterocycles. The maximum Gasteiger partial charge on any atom is 0.223 e. The largest absolute Gasteiger partial charge is 0.356 e.